The highest BCUT2D eigenvalue weighted by Crippen LogP contribution is 2.15. The van der Waals surface area contributed by atoms with E-state index in [0.717, 1.165) is 38.5 Å². The van der Waals surface area contributed by atoms with Crippen LogP contribution in [0.5, 0.6) is 0 Å². The molecule has 44 heavy (non-hydrogen) atoms. The van der Waals surface area contributed by atoms with Crippen molar-refractivity contribution in [2.24, 2.45) is 0 Å². The second-order valence-electron chi connectivity index (χ2n) is 13.1. The third-order valence-corrected chi connectivity index (χ3v) is 8.50. The van der Waals surface area contributed by atoms with Gasteiger partial charge < -0.3 is 14.6 Å². The van der Waals surface area contributed by atoms with E-state index in [1.807, 2.05) is 0 Å². The van der Waals surface area contributed by atoms with Crippen LogP contribution >= 0.6 is 0 Å². The summed E-state index contributed by atoms with van der Waals surface area (Å²) in [5, 5.41) is 9.99. The molecule has 0 saturated carbocycles. The lowest BCUT2D eigenvalue weighted by Crippen LogP contribution is -2.25. The van der Waals surface area contributed by atoms with Gasteiger partial charge in [0.2, 0.25) is 0 Å². The summed E-state index contributed by atoms with van der Waals surface area (Å²) >= 11 is 0. The molecule has 260 valence electrons. The Balaban J connectivity index is 3.41. The van der Waals surface area contributed by atoms with Crippen LogP contribution in [-0.4, -0.2) is 36.4 Å². The van der Waals surface area contributed by atoms with Gasteiger partial charge >= 0.3 is 11.9 Å². The van der Waals surface area contributed by atoms with Gasteiger partial charge in [-0.05, 0) is 38.5 Å². The minimum atomic E-state index is -0.963. The monoisotopic (exact) mass is 623 g/mol. The van der Waals surface area contributed by atoms with E-state index in [1.54, 1.807) is 0 Å². The first-order chi connectivity index (χ1) is 21.6. The lowest BCUT2D eigenvalue weighted by molar-refractivity contribution is -0.152. The summed E-state index contributed by atoms with van der Waals surface area (Å²) in [6, 6.07) is 0. The lowest BCUT2D eigenvalue weighted by Gasteiger charge is -2.12. The number of hydrogen-bond acceptors (Lipinski definition) is 5. The number of carbonyl (C=O) groups is 2. The van der Waals surface area contributed by atoms with Crippen LogP contribution in [-0.2, 0) is 19.1 Å². The van der Waals surface area contributed by atoms with Gasteiger partial charge in [-0.3, -0.25) is 9.59 Å². The van der Waals surface area contributed by atoms with Crippen molar-refractivity contribution in [3.63, 3.8) is 0 Å². The van der Waals surface area contributed by atoms with Crippen molar-refractivity contribution in [1.82, 2.24) is 0 Å². The molecular formula is C39H74O5. The Morgan fingerprint density at radius 3 is 1.07 bits per heavy atom. The summed E-state index contributed by atoms with van der Waals surface area (Å²) in [5.74, 6) is -0.574. The van der Waals surface area contributed by atoms with Crippen LogP contribution in [0.25, 0.3) is 0 Å². The first-order valence-electron chi connectivity index (χ1n) is 19.2. The van der Waals surface area contributed by atoms with E-state index in [2.05, 4.69) is 26.0 Å². The smallest absolute Gasteiger partial charge is 0.305 e. The molecule has 0 heterocycles. The lowest BCUT2D eigenvalue weighted by atomic mass is 10.0. The summed E-state index contributed by atoms with van der Waals surface area (Å²) in [6.07, 6.45) is 39.8. The van der Waals surface area contributed by atoms with Gasteiger partial charge in [0, 0.05) is 12.8 Å². The van der Waals surface area contributed by atoms with Gasteiger partial charge in [-0.15, -0.1) is 0 Å². The summed E-state index contributed by atoms with van der Waals surface area (Å²) < 4.78 is 10.3. The average Bonchev–Trinajstić information content (AvgIpc) is 3.02. The molecule has 1 N–H and O–H groups in total. The van der Waals surface area contributed by atoms with Crippen LogP contribution in [0.4, 0.5) is 0 Å². The van der Waals surface area contributed by atoms with Gasteiger partial charge in [0.05, 0.1) is 0 Å². The van der Waals surface area contributed by atoms with Crippen LogP contribution in [0.3, 0.4) is 0 Å². The largest absolute Gasteiger partial charge is 0.463 e. The Kier molecular flexibility index (Phi) is 35.0. The number of esters is 2. The zero-order valence-electron chi connectivity index (χ0n) is 29.4. The van der Waals surface area contributed by atoms with Crippen molar-refractivity contribution in [3.05, 3.63) is 12.2 Å². The normalized spacial score (nSPS) is 12.2. The summed E-state index contributed by atoms with van der Waals surface area (Å²) in [6.45, 7) is 4.29. The van der Waals surface area contributed by atoms with Gasteiger partial charge in [0.25, 0.3) is 0 Å². The fourth-order valence-electron chi connectivity index (χ4n) is 5.55. The maximum absolute atomic E-state index is 11.9. The maximum Gasteiger partial charge on any atom is 0.305 e. The molecule has 0 amide bonds. The summed E-state index contributed by atoms with van der Waals surface area (Å²) in [4.78, 5) is 23.9. The standard InChI is InChI=1S/C39H74O5/c1-3-5-7-9-11-13-15-17-18-19-20-22-24-26-28-30-32-34-39(42)44-36-37(40)35-43-38(41)33-31-29-27-25-23-21-16-14-12-10-8-6-4-2/h21,23,37,40H,3-20,22,24-36H2,1-2H3/b23-21-/t37-/m0/s1. The molecule has 0 aromatic carbocycles. The highest BCUT2D eigenvalue weighted by molar-refractivity contribution is 5.69. The number of rotatable bonds is 35. The Bertz CT molecular complexity index is 632. The van der Waals surface area contributed by atoms with Crippen LogP contribution in [0.2, 0.25) is 0 Å². The first kappa shape index (κ1) is 42.6. The van der Waals surface area contributed by atoms with E-state index in [-0.39, 0.29) is 25.2 Å². The van der Waals surface area contributed by atoms with Crippen molar-refractivity contribution in [3.8, 4) is 0 Å². The van der Waals surface area contributed by atoms with Gasteiger partial charge in [-0.1, -0.05) is 167 Å². The van der Waals surface area contributed by atoms with E-state index < -0.39 is 6.10 Å². The summed E-state index contributed by atoms with van der Waals surface area (Å²) in [5.41, 5.74) is 0. The van der Waals surface area contributed by atoms with E-state index in [0.29, 0.717) is 12.8 Å². The molecule has 0 spiro atoms. The zero-order valence-corrected chi connectivity index (χ0v) is 29.4. The molecule has 0 fully saturated rings. The van der Waals surface area contributed by atoms with Crippen LogP contribution in [0.15, 0.2) is 12.2 Å². The molecule has 0 rings (SSSR count). The number of hydrogen-bond donors (Lipinski definition) is 1. The quantitative estimate of drug-likeness (QED) is 0.0432. The van der Waals surface area contributed by atoms with Crippen molar-refractivity contribution in [2.45, 2.75) is 213 Å². The maximum atomic E-state index is 11.9. The Hall–Kier alpha value is -1.36. The minimum Gasteiger partial charge on any atom is -0.463 e. The minimum absolute atomic E-state index is 0.115. The van der Waals surface area contributed by atoms with Crippen LogP contribution < -0.4 is 0 Å². The highest BCUT2D eigenvalue weighted by atomic mass is 16.6. The fourth-order valence-corrected chi connectivity index (χ4v) is 5.55. The third kappa shape index (κ3) is 35.1. The third-order valence-electron chi connectivity index (χ3n) is 8.50. The van der Waals surface area contributed by atoms with E-state index >= 15 is 0 Å². The number of aliphatic hydroxyl groups excluding tert-OH is 1. The predicted molar refractivity (Wildman–Crippen MR) is 187 cm³/mol. The second kappa shape index (κ2) is 36.1. The molecule has 0 aliphatic carbocycles. The molecule has 0 aromatic rings. The average molecular weight is 623 g/mol. The van der Waals surface area contributed by atoms with Gasteiger partial charge in [-0.2, -0.15) is 0 Å². The van der Waals surface area contributed by atoms with Crippen molar-refractivity contribution in [2.75, 3.05) is 13.2 Å². The molecule has 5 heteroatoms. The molecule has 0 aliphatic heterocycles. The molecule has 0 aliphatic rings. The SMILES string of the molecule is CCCCCCCC/C=C\CCCCCC(=O)OC[C@H](O)COC(=O)CCCCCCCCCCCCCCCCCCC. The fraction of sp³-hybridized carbons (Fsp3) is 0.897. The molecule has 0 aromatic heterocycles. The zero-order chi connectivity index (χ0) is 32.2. The molecule has 0 saturated heterocycles. The van der Waals surface area contributed by atoms with Gasteiger partial charge in [0.1, 0.15) is 19.3 Å². The highest BCUT2D eigenvalue weighted by Gasteiger charge is 2.12. The molecule has 0 radical (unpaired) electrons. The Morgan fingerprint density at radius 2 is 0.727 bits per heavy atom. The van der Waals surface area contributed by atoms with Crippen LogP contribution in [0.1, 0.15) is 206 Å². The topological polar surface area (TPSA) is 72.8 Å². The molecule has 0 unspecified atom stereocenters. The van der Waals surface area contributed by atoms with E-state index in [1.165, 1.54) is 141 Å². The van der Waals surface area contributed by atoms with Crippen molar-refractivity contribution >= 4 is 11.9 Å². The second-order valence-corrected chi connectivity index (χ2v) is 13.1. The number of unbranched alkanes of at least 4 members (excludes halogenated alkanes) is 25. The molecule has 1 atom stereocenters. The summed E-state index contributed by atoms with van der Waals surface area (Å²) in [7, 11) is 0. The Labute approximate surface area is 273 Å². The number of carbonyl (C=O) groups excluding carboxylic acids is 2. The van der Waals surface area contributed by atoms with Gasteiger partial charge in [0.15, 0.2) is 0 Å². The Morgan fingerprint density at radius 1 is 0.455 bits per heavy atom. The van der Waals surface area contributed by atoms with Crippen molar-refractivity contribution in [1.29, 1.82) is 0 Å². The molecular weight excluding hydrogens is 548 g/mol. The van der Waals surface area contributed by atoms with E-state index in [4.69, 9.17) is 9.47 Å². The number of aliphatic hydroxyl groups is 1. The number of ether oxygens (including phenoxy) is 2. The van der Waals surface area contributed by atoms with Crippen LogP contribution in [0, 0.1) is 0 Å². The van der Waals surface area contributed by atoms with Gasteiger partial charge in [-0.25, -0.2) is 0 Å². The van der Waals surface area contributed by atoms with E-state index in [9.17, 15) is 14.7 Å². The van der Waals surface area contributed by atoms with Crippen molar-refractivity contribution < 1.29 is 24.2 Å². The predicted octanol–water partition coefficient (Wildman–Crippen LogP) is 11.7. The number of allylic oxidation sites excluding steroid dienone is 2. The molecule has 5 nitrogen and oxygen atoms in total. The molecule has 0 bridgehead atoms. The first-order valence-corrected chi connectivity index (χ1v) is 19.2.